The smallest absolute Gasteiger partial charge is 0.164 e. The molecule has 1 aliphatic rings. The first-order valence-corrected chi connectivity index (χ1v) is 17.5. The van der Waals surface area contributed by atoms with Crippen LogP contribution in [0.3, 0.4) is 0 Å². The van der Waals surface area contributed by atoms with Crippen molar-refractivity contribution in [1.29, 1.82) is 0 Å². The SMILES string of the molecule is CC1(C)c2ccccc2-c2cccc(-c3ccc4c(-c5nc(-c6ccc7ccccc7c6)nc(-c6ccc7ccccc7c6)n5)cccc4c3)c21. The van der Waals surface area contributed by atoms with Gasteiger partial charge in [-0.2, -0.15) is 0 Å². The summed E-state index contributed by atoms with van der Waals surface area (Å²) in [5, 5.41) is 6.94. The van der Waals surface area contributed by atoms with E-state index in [2.05, 4.69) is 178 Å². The highest BCUT2D eigenvalue weighted by Crippen LogP contribution is 2.52. The molecule has 1 aliphatic carbocycles. The standard InChI is InChI=1S/C48H33N3/c1-48(2)43-20-8-7-16-40(43)41-18-10-17-39(44(41)48)35-25-26-38-34(29-35)15-9-19-42(38)47-50-45(36-23-21-30-11-3-5-13-32(30)27-36)49-46(51-47)37-24-22-31-12-4-6-14-33(31)28-37/h3-29H,1-2H3. The van der Waals surface area contributed by atoms with Crippen molar-refractivity contribution in [3.8, 4) is 56.4 Å². The number of fused-ring (bicyclic) bond motifs is 6. The molecule has 0 fully saturated rings. The zero-order valence-corrected chi connectivity index (χ0v) is 28.4. The number of nitrogens with zero attached hydrogens (tertiary/aromatic N) is 3. The average Bonchev–Trinajstić information content (AvgIpc) is 3.43. The van der Waals surface area contributed by atoms with E-state index in [0.29, 0.717) is 17.5 Å². The van der Waals surface area contributed by atoms with Crippen molar-refractivity contribution in [3.63, 3.8) is 0 Å². The van der Waals surface area contributed by atoms with Gasteiger partial charge in [0.2, 0.25) is 0 Å². The molecule has 0 atom stereocenters. The van der Waals surface area contributed by atoms with Crippen LogP contribution in [-0.2, 0) is 5.41 Å². The number of aromatic nitrogens is 3. The van der Waals surface area contributed by atoms with Crippen molar-refractivity contribution >= 4 is 32.3 Å². The second kappa shape index (κ2) is 11.3. The van der Waals surface area contributed by atoms with E-state index in [1.165, 1.54) is 44.2 Å². The van der Waals surface area contributed by atoms with E-state index in [4.69, 9.17) is 15.0 Å². The summed E-state index contributed by atoms with van der Waals surface area (Å²) in [6, 6.07) is 58.5. The van der Waals surface area contributed by atoms with Crippen molar-refractivity contribution in [2.75, 3.05) is 0 Å². The van der Waals surface area contributed by atoms with E-state index in [-0.39, 0.29) is 5.41 Å². The van der Waals surface area contributed by atoms with Crippen molar-refractivity contribution in [3.05, 3.63) is 175 Å². The van der Waals surface area contributed by atoms with Gasteiger partial charge < -0.3 is 0 Å². The Balaban J connectivity index is 1.14. The fourth-order valence-electron chi connectivity index (χ4n) is 8.15. The molecule has 3 heteroatoms. The van der Waals surface area contributed by atoms with Crippen LogP contribution in [-0.4, -0.2) is 15.0 Å². The predicted octanol–water partition coefficient (Wildman–Crippen LogP) is 12.3. The Hall–Kier alpha value is -6.45. The summed E-state index contributed by atoms with van der Waals surface area (Å²) in [4.78, 5) is 15.4. The lowest BCUT2D eigenvalue weighted by atomic mass is 9.78. The minimum atomic E-state index is -0.0947. The van der Waals surface area contributed by atoms with Crippen LogP contribution >= 0.6 is 0 Å². The number of rotatable bonds is 4. The third-order valence-corrected chi connectivity index (χ3v) is 10.7. The van der Waals surface area contributed by atoms with E-state index in [1.54, 1.807) is 0 Å². The van der Waals surface area contributed by atoms with Gasteiger partial charge in [0.25, 0.3) is 0 Å². The second-order valence-electron chi connectivity index (χ2n) is 14.1. The molecule has 51 heavy (non-hydrogen) atoms. The van der Waals surface area contributed by atoms with Crippen molar-refractivity contribution < 1.29 is 0 Å². The van der Waals surface area contributed by atoms with Crippen LogP contribution in [0.15, 0.2) is 164 Å². The van der Waals surface area contributed by atoms with E-state index >= 15 is 0 Å². The molecule has 0 bridgehead atoms. The zero-order valence-electron chi connectivity index (χ0n) is 28.4. The van der Waals surface area contributed by atoms with Crippen LogP contribution in [0.4, 0.5) is 0 Å². The minimum Gasteiger partial charge on any atom is -0.208 e. The highest BCUT2D eigenvalue weighted by Gasteiger charge is 2.37. The summed E-state index contributed by atoms with van der Waals surface area (Å²) in [6.07, 6.45) is 0. The van der Waals surface area contributed by atoms with Gasteiger partial charge in [-0.3, -0.25) is 0 Å². The van der Waals surface area contributed by atoms with Crippen LogP contribution in [0.25, 0.3) is 88.7 Å². The third kappa shape index (κ3) is 4.77. The van der Waals surface area contributed by atoms with Gasteiger partial charge in [-0.1, -0.05) is 159 Å². The molecule has 8 aromatic carbocycles. The quantitative estimate of drug-likeness (QED) is 0.190. The number of hydrogen-bond acceptors (Lipinski definition) is 3. The van der Waals surface area contributed by atoms with Crippen molar-refractivity contribution in [2.24, 2.45) is 0 Å². The van der Waals surface area contributed by atoms with Gasteiger partial charge in [0.1, 0.15) is 0 Å². The summed E-state index contributed by atoms with van der Waals surface area (Å²) in [5.41, 5.74) is 10.7. The van der Waals surface area contributed by atoms with Gasteiger partial charge in [0.05, 0.1) is 0 Å². The Morgan fingerprint density at radius 3 is 1.55 bits per heavy atom. The maximum atomic E-state index is 5.17. The van der Waals surface area contributed by atoms with Crippen LogP contribution < -0.4 is 0 Å². The Kier molecular flexibility index (Phi) is 6.53. The van der Waals surface area contributed by atoms with Gasteiger partial charge >= 0.3 is 0 Å². The van der Waals surface area contributed by atoms with E-state index < -0.39 is 0 Å². The highest BCUT2D eigenvalue weighted by molar-refractivity contribution is 5.99. The molecule has 0 spiro atoms. The molecule has 3 nitrogen and oxygen atoms in total. The molecule has 1 aromatic heterocycles. The van der Waals surface area contributed by atoms with Crippen LogP contribution in [0, 0.1) is 0 Å². The number of hydrogen-bond donors (Lipinski definition) is 0. The van der Waals surface area contributed by atoms with Crippen molar-refractivity contribution in [2.45, 2.75) is 19.3 Å². The Morgan fingerprint density at radius 2 is 0.843 bits per heavy atom. The van der Waals surface area contributed by atoms with Gasteiger partial charge in [0.15, 0.2) is 17.5 Å². The zero-order chi connectivity index (χ0) is 34.1. The molecule has 10 rings (SSSR count). The molecule has 0 saturated carbocycles. The lowest BCUT2D eigenvalue weighted by Gasteiger charge is -2.24. The maximum Gasteiger partial charge on any atom is 0.164 e. The summed E-state index contributed by atoms with van der Waals surface area (Å²) >= 11 is 0. The molecule has 0 aliphatic heterocycles. The molecular formula is C48H33N3. The van der Waals surface area contributed by atoms with Crippen LogP contribution in [0.2, 0.25) is 0 Å². The molecule has 0 N–H and O–H groups in total. The van der Waals surface area contributed by atoms with Crippen LogP contribution in [0.1, 0.15) is 25.0 Å². The fraction of sp³-hybridized carbons (Fsp3) is 0.0625. The molecule has 1 heterocycles. The Bertz CT molecular complexity index is 2750. The fourth-order valence-corrected chi connectivity index (χ4v) is 8.15. The second-order valence-corrected chi connectivity index (χ2v) is 14.1. The summed E-state index contributed by atoms with van der Waals surface area (Å²) in [5.74, 6) is 1.97. The molecule has 9 aromatic rings. The van der Waals surface area contributed by atoms with Gasteiger partial charge in [-0.25, -0.2) is 15.0 Å². The molecule has 0 unspecified atom stereocenters. The van der Waals surface area contributed by atoms with Gasteiger partial charge in [-0.05, 0) is 83.9 Å². The molecule has 0 radical (unpaired) electrons. The monoisotopic (exact) mass is 651 g/mol. The van der Waals surface area contributed by atoms with Crippen molar-refractivity contribution in [1.82, 2.24) is 15.0 Å². The van der Waals surface area contributed by atoms with Gasteiger partial charge in [-0.15, -0.1) is 0 Å². The lowest BCUT2D eigenvalue weighted by Crippen LogP contribution is -2.16. The molecule has 0 saturated heterocycles. The minimum absolute atomic E-state index is 0.0947. The Morgan fingerprint density at radius 1 is 0.353 bits per heavy atom. The summed E-state index contributed by atoms with van der Waals surface area (Å²) in [7, 11) is 0. The van der Waals surface area contributed by atoms with E-state index in [1.807, 2.05) is 0 Å². The summed E-state index contributed by atoms with van der Waals surface area (Å²) < 4.78 is 0. The molecule has 240 valence electrons. The third-order valence-electron chi connectivity index (χ3n) is 10.7. The average molecular weight is 652 g/mol. The summed E-state index contributed by atoms with van der Waals surface area (Å²) in [6.45, 7) is 4.70. The van der Waals surface area contributed by atoms with Gasteiger partial charge in [0, 0.05) is 22.1 Å². The first-order valence-electron chi connectivity index (χ1n) is 17.5. The van der Waals surface area contributed by atoms with Crippen LogP contribution in [0.5, 0.6) is 0 Å². The molecular weight excluding hydrogens is 619 g/mol. The Labute approximate surface area is 297 Å². The first kappa shape index (κ1) is 29.5. The number of benzene rings is 8. The predicted molar refractivity (Wildman–Crippen MR) is 212 cm³/mol. The largest absolute Gasteiger partial charge is 0.208 e. The first-order chi connectivity index (χ1) is 25.0. The highest BCUT2D eigenvalue weighted by atomic mass is 15.0. The lowest BCUT2D eigenvalue weighted by molar-refractivity contribution is 0.662. The normalized spacial score (nSPS) is 13.1. The van der Waals surface area contributed by atoms with E-state index in [9.17, 15) is 0 Å². The maximum absolute atomic E-state index is 5.17. The van der Waals surface area contributed by atoms with E-state index in [0.717, 1.165) is 38.2 Å². The topological polar surface area (TPSA) is 38.7 Å². The molecule has 0 amide bonds.